The molecule has 0 bridgehead atoms. The minimum Gasteiger partial charge on any atom is -0.486 e. The molecular weight excluding hydrogens is 394 g/mol. The first-order valence-corrected chi connectivity index (χ1v) is 10.4. The predicted octanol–water partition coefficient (Wildman–Crippen LogP) is 2.22. The molecule has 0 aromatic heterocycles. The second-order valence-electron chi connectivity index (χ2n) is 7.67. The van der Waals surface area contributed by atoms with Crippen LogP contribution in [-0.2, 0) is 9.59 Å². The van der Waals surface area contributed by atoms with E-state index in [-0.39, 0.29) is 30.3 Å². The van der Waals surface area contributed by atoms with E-state index in [0.29, 0.717) is 37.7 Å². The Bertz CT molecular complexity index is 739. The van der Waals surface area contributed by atoms with Crippen LogP contribution in [0.25, 0.3) is 0 Å². The van der Waals surface area contributed by atoms with Gasteiger partial charge < -0.3 is 24.6 Å². The van der Waals surface area contributed by atoms with Crippen molar-refractivity contribution in [1.82, 2.24) is 10.2 Å². The Morgan fingerprint density at radius 1 is 1.17 bits per heavy atom. The molecule has 1 aromatic rings. The van der Waals surface area contributed by atoms with Gasteiger partial charge in [-0.3, -0.25) is 9.59 Å². The Kier molecular flexibility index (Phi) is 7.24. The number of amides is 2. The van der Waals surface area contributed by atoms with Crippen molar-refractivity contribution < 1.29 is 19.1 Å². The van der Waals surface area contributed by atoms with Gasteiger partial charge in [0, 0.05) is 30.9 Å². The molecule has 8 heteroatoms. The molecule has 2 saturated heterocycles. The molecule has 2 amide bonds. The number of hydrogen-bond acceptors (Lipinski definition) is 5. The van der Waals surface area contributed by atoms with Crippen molar-refractivity contribution in [2.24, 2.45) is 5.92 Å². The molecule has 3 aliphatic rings. The summed E-state index contributed by atoms with van der Waals surface area (Å²) in [4.78, 5) is 30.1. The van der Waals surface area contributed by atoms with Gasteiger partial charge in [-0.1, -0.05) is 6.92 Å². The Balaban J connectivity index is 0.00000240. The van der Waals surface area contributed by atoms with Crippen molar-refractivity contribution in [1.29, 1.82) is 0 Å². The fourth-order valence-corrected chi connectivity index (χ4v) is 4.40. The molecule has 0 aliphatic carbocycles. The van der Waals surface area contributed by atoms with Crippen LogP contribution in [-0.4, -0.2) is 62.1 Å². The Morgan fingerprint density at radius 3 is 2.62 bits per heavy atom. The third-order valence-electron chi connectivity index (χ3n) is 5.84. The standard InChI is InChI=1S/C21H29N3O4.ClH/c1-2-10-23(15-5-8-22-9-6-15)20(25)17-7-11-24(21(17)26)16-3-4-18-19(14-16)28-13-12-27-18;/h3-4,14-15,17,22H,2,5-13H2,1H3;1H. The van der Waals surface area contributed by atoms with Gasteiger partial charge in [0.2, 0.25) is 11.8 Å². The highest BCUT2D eigenvalue weighted by Crippen LogP contribution is 2.36. The lowest BCUT2D eigenvalue weighted by atomic mass is 10.00. The molecule has 1 aromatic carbocycles. The van der Waals surface area contributed by atoms with Gasteiger partial charge in [-0.15, -0.1) is 12.4 Å². The van der Waals surface area contributed by atoms with E-state index in [4.69, 9.17) is 9.47 Å². The number of nitrogens with zero attached hydrogens (tertiary/aromatic N) is 2. The second-order valence-corrected chi connectivity index (χ2v) is 7.67. The smallest absolute Gasteiger partial charge is 0.239 e. The van der Waals surface area contributed by atoms with Crippen molar-refractivity contribution in [2.75, 3.05) is 44.3 Å². The molecule has 3 heterocycles. The molecule has 0 saturated carbocycles. The zero-order valence-electron chi connectivity index (χ0n) is 16.9. The molecule has 0 spiro atoms. The maximum atomic E-state index is 13.3. The SMILES string of the molecule is CCCN(C(=O)C1CCN(c2ccc3c(c2)OCCO3)C1=O)C1CCNCC1.Cl. The summed E-state index contributed by atoms with van der Waals surface area (Å²) >= 11 is 0. The van der Waals surface area contributed by atoms with Crippen LogP contribution >= 0.6 is 12.4 Å². The number of fused-ring (bicyclic) bond motifs is 1. The van der Waals surface area contributed by atoms with Gasteiger partial charge in [0.1, 0.15) is 19.1 Å². The zero-order chi connectivity index (χ0) is 19.5. The van der Waals surface area contributed by atoms with Crippen LogP contribution in [0.1, 0.15) is 32.6 Å². The first-order chi connectivity index (χ1) is 13.7. The number of carbonyl (C=O) groups excluding carboxylic acids is 2. The van der Waals surface area contributed by atoms with Gasteiger partial charge in [0.05, 0.1) is 0 Å². The summed E-state index contributed by atoms with van der Waals surface area (Å²) in [6, 6.07) is 5.79. The molecule has 29 heavy (non-hydrogen) atoms. The first-order valence-electron chi connectivity index (χ1n) is 10.4. The molecule has 4 rings (SSSR count). The maximum Gasteiger partial charge on any atom is 0.239 e. The van der Waals surface area contributed by atoms with Crippen LogP contribution < -0.4 is 19.7 Å². The fourth-order valence-electron chi connectivity index (χ4n) is 4.40. The molecular formula is C21H30ClN3O4. The van der Waals surface area contributed by atoms with Crippen LogP contribution in [0.3, 0.4) is 0 Å². The lowest BCUT2D eigenvalue weighted by molar-refractivity contribution is -0.142. The van der Waals surface area contributed by atoms with E-state index in [1.807, 2.05) is 23.1 Å². The number of ether oxygens (including phenoxy) is 2. The first kappa shape index (κ1) is 21.7. The average molecular weight is 424 g/mol. The largest absolute Gasteiger partial charge is 0.486 e. The number of benzene rings is 1. The summed E-state index contributed by atoms with van der Waals surface area (Å²) in [6.45, 7) is 6.27. The Hall–Kier alpha value is -1.99. The zero-order valence-corrected chi connectivity index (χ0v) is 17.7. The minimum absolute atomic E-state index is 0. The fraction of sp³-hybridized carbons (Fsp3) is 0.619. The summed E-state index contributed by atoms with van der Waals surface area (Å²) in [5, 5.41) is 3.35. The highest BCUT2D eigenvalue weighted by molar-refractivity contribution is 6.09. The number of carbonyl (C=O) groups is 2. The van der Waals surface area contributed by atoms with Gasteiger partial charge >= 0.3 is 0 Å². The van der Waals surface area contributed by atoms with Crippen LogP contribution in [0.4, 0.5) is 5.69 Å². The molecule has 1 N–H and O–H groups in total. The van der Waals surface area contributed by atoms with Crippen LogP contribution in [0.5, 0.6) is 11.5 Å². The lowest BCUT2D eigenvalue weighted by Gasteiger charge is -2.35. The van der Waals surface area contributed by atoms with E-state index in [1.165, 1.54) is 0 Å². The van der Waals surface area contributed by atoms with E-state index in [1.54, 1.807) is 4.90 Å². The lowest BCUT2D eigenvalue weighted by Crippen LogP contribution is -2.49. The van der Waals surface area contributed by atoms with Crippen molar-refractivity contribution in [3.05, 3.63) is 18.2 Å². The summed E-state index contributed by atoms with van der Waals surface area (Å²) < 4.78 is 11.2. The van der Waals surface area contributed by atoms with Gasteiger partial charge in [-0.25, -0.2) is 0 Å². The number of halogens is 1. The normalized spacial score (nSPS) is 21.6. The summed E-state index contributed by atoms with van der Waals surface area (Å²) in [5.41, 5.74) is 0.772. The average Bonchev–Trinajstić information content (AvgIpc) is 3.13. The topological polar surface area (TPSA) is 71.1 Å². The van der Waals surface area contributed by atoms with Crippen LogP contribution in [0.15, 0.2) is 18.2 Å². The van der Waals surface area contributed by atoms with Gasteiger partial charge in [0.25, 0.3) is 0 Å². The second kappa shape index (κ2) is 9.67. The Morgan fingerprint density at radius 2 is 1.90 bits per heavy atom. The van der Waals surface area contributed by atoms with E-state index >= 15 is 0 Å². The van der Waals surface area contributed by atoms with E-state index in [0.717, 1.165) is 44.6 Å². The summed E-state index contributed by atoms with van der Waals surface area (Å²) in [6.07, 6.45) is 3.39. The maximum absolute atomic E-state index is 13.3. The summed E-state index contributed by atoms with van der Waals surface area (Å²) in [7, 11) is 0. The number of rotatable bonds is 5. The molecule has 1 unspecified atom stereocenters. The molecule has 0 radical (unpaired) electrons. The summed E-state index contributed by atoms with van der Waals surface area (Å²) in [5.74, 6) is 0.688. The van der Waals surface area contributed by atoms with Crippen molar-refractivity contribution in [3.8, 4) is 11.5 Å². The molecule has 7 nitrogen and oxygen atoms in total. The third kappa shape index (κ3) is 4.46. The van der Waals surface area contributed by atoms with Gasteiger partial charge in [0.15, 0.2) is 11.5 Å². The number of piperidine rings is 1. The van der Waals surface area contributed by atoms with Crippen molar-refractivity contribution in [3.63, 3.8) is 0 Å². The predicted molar refractivity (Wildman–Crippen MR) is 113 cm³/mol. The minimum atomic E-state index is -0.574. The van der Waals surface area contributed by atoms with Crippen LogP contribution in [0, 0.1) is 5.92 Å². The monoisotopic (exact) mass is 423 g/mol. The van der Waals surface area contributed by atoms with E-state index in [2.05, 4.69) is 12.2 Å². The highest BCUT2D eigenvalue weighted by atomic mass is 35.5. The quantitative estimate of drug-likeness (QED) is 0.735. The van der Waals surface area contributed by atoms with Crippen molar-refractivity contribution in [2.45, 2.75) is 38.6 Å². The number of nitrogens with one attached hydrogen (secondary N) is 1. The molecule has 2 fully saturated rings. The number of hydrogen-bond donors (Lipinski definition) is 1. The van der Waals surface area contributed by atoms with Crippen LogP contribution in [0.2, 0.25) is 0 Å². The van der Waals surface area contributed by atoms with Gasteiger partial charge in [-0.05, 0) is 50.9 Å². The van der Waals surface area contributed by atoms with Gasteiger partial charge in [-0.2, -0.15) is 0 Å². The molecule has 1 atom stereocenters. The highest BCUT2D eigenvalue weighted by Gasteiger charge is 2.41. The Labute approximate surface area is 178 Å². The molecule has 160 valence electrons. The van der Waals surface area contributed by atoms with E-state index < -0.39 is 5.92 Å². The number of anilines is 1. The molecule has 3 aliphatic heterocycles. The van der Waals surface area contributed by atoms with Crippen molar-refractivity contribution >= 4 is 29.9 Å². The third-order valence-corrected chi connectivity index (χ3v) is 5.84. The van der Waals surface area contributed by atoms with E-state index in [9.17, 15) is 9.59 Å².